The molecule has 0 radical (unpaired) electrons. The summed E-state index contributed by atoms with van der Waals surface area (Å²) in [7, 11) is 3.44. The molecule has 0 saturated carbocycles. The summed E-state index contributed by atoms with van der Waals surface area (Å²) in [6.07, 6.45) is 0.817. The summed E-state index contributed by atoms with van der Waals surface area (Å²) in [5.41, 5.74) is 1.57. The largest absolute Gasteiger partial charge is 0.380 e. The fourth-order valence-corrected chi connectivity index (χ4v) is 2.43. The molecule has 106 valence electrons. The van der Waals surface area contributed by atoms with Crippen LogP contribution in [0.25, 0.3) is 0 Å². The van der Waals surface area contributed by atoms with Gasteiger partial charge in [-0.3, -0.25) is 4.79 Å². The summed E-state index contributed by atoms with van der Waals surface area (Å²) in [6, 6.07) is 9.25. The third-order valence-electron chi connectivity index (χ3n) is 3.57. The smallest absolute Gasteiger partial charge is 0.239 e. The van der Waals surface area contributed by atoms with Crippen molar-refractivity contribution in [2.45, 2.75) is 25.1 Å². The third-order valence-corrected chi connectivity index (χ3v) is 3.57. The average Bonchev–Trinajstić information content (AvgIpc) is 2.95. The SMILES string of the molecule is COC1CNC(C(=O)N(C)Cc2cccc(C#N)c2)C1. The van der Waals surface area contributed by atoms with Crippen molar-refractivity contribution in [2.75, 3.05) is 20.7 Å². The number of nitrogens with zero attached hydrogens (tertiary/aromatic N) is 2. The molecule has 1 aromatic rings. The molecule has 5 heteroatoms. The topological polar surface area (TPSA) is 65.4 Å². The van der Waals surface area contributed by atoms with E-state index in [1.54, 1.807) is 25.1 Å². The number of hydrogen-bond donors (Lipinski definition) is 1. The number of benzene rings is 1. The molecule has 1 heterocycles. The van der Waals surface area contributed by atoms with Crippen molar-refractivity contribution in [3.05, 3.63) is 35.4 Å². The first-order chi connectivity index (χ1) is 9.63. The highest BCUT2D eigenvalue weighted by atomic mass is 16.5. The number of likely N-dealkylation sites (N-methyl/N-ethyl adjacent to an activating group) is 1. The van der Waals surface area contributed by atoms with Gasteiger partial charge in [-0.25, -0.2) is 0 Å². The van der Waals surface area contributed by atoms with E-state index in [1.165, 1.54) is 0 Å². The minimum Gasteiger partial charge on any atom is -0.380 e. The van der Waals surface area contributed by atoms with Crippen LogP contribution in [0, 0.1) is 11.3 Å². The molecule has 1 aliphatic heterocycles. The number of rotatable bonds is 4. The third kappa shape index (κ3) is 3.35. The van der Waals surface area contributed by atoms with E-state index >= 15 is 0 Å². The van der Waals surface area contributed by atoms with Gasteiger partial charge in [0.25, 0.3) is 0 Å². The number of carbonyl (C=O) groups is 1. The van der Waals surface area contributed by atoms with Gasteiger partial charge in [0.15, 0.2) is 0 Å². The van der Waals surface area contributed by atoms with Gasteiger partial charge in [-0.05, 0) is 24.1 Å². The number of amides is 1. The molecule has 5 nitrogen and oxygen atoms in total. The van der Waals surface area contributed by atoms with Gasteiger partial charge in [0, 0.05) is 27.2 Å². The molecule has 2 unspecified atom stereocenters. The average molecular weight is 273 g/mol. The Morgan fingerprint density at radius 2 is 2.40 bits per heavy atom. The van der Waals surface area contributed by atoms with E-state index in [2.05, 4.69) is 11.4 Å². The Bertz CT molecular complexity index is 524. The Hall–Kier alpha value is -1.90. The number of carbonyl (C=O) groups excluding carboxylic acids is 1. The van der Waals surface area contributed by atoms with Crippen LogP contribution in [0.5, 0.6) is 0 Å². The maximum absolute atomic E-state index is 12.3. The monoisotopic (exact) mass is 273 g/mol. The van der Waals surface area contributed by atoms with Gasteiger partial charge in [-0.1, -0.05) is 12.1 Å². The summed E-state index contributed by atoms with van der Waals surface area (Å²) >= 11 is 0. The first kappa shape index (κ1) is 14.5. The molecule has 2 rings (SSSR count). The maximum Gasteiger partial charge on any atom is 0.239 e. The first-order valence-corrected chi connectivity index (χ1v) is 6.64. The standard InChI is InChI=1S/C15H19N3O2/c1-18(10-12-5-3-4-11(6-12)8-16)15(19)14-7-13(20-2)9-17-14/h3-6,13-14,17H,7,9-10H2,1-2H3. The Kier molecular flexibility index (Phi) is 4.72. The van der Waals surface area contributed by atoms with Gasteiger partial charge < -0.3 is 15.0 Å². The van der Waals surface area contributed by atoms with Crippen LogP contribution < -0.4 is 5.32 Å². The second kappa shape index (κ2) is 6.51. The fraction of sp³-hybridized carbons (Fsp3) is 0.467. The first-order valence-electron chi connectivity index (χ1n) is 6.64. The Morgan fingerprint density at radius 1 is 1.60 bits per heavy atom. The van der Waals surface area contributed by atoms with Gasteiger partial charge in [0.2, 0.25) is 5.91 Å². The number of ether oxygens (including phenoxy) is 1. The highest BCUT2D eigenvalue weighted by molar-refractivity contribution is 5.82. The van der Waals surface area contributed by atoms with E-state index in [9.17, 15) is 4.79 Å². The second-order valence-electron chi connectivity index (χ2n) is 5.06. The van der Waals surface area contributed by atoms with Crippen LogP contribution in [-0.2, 0) is 16.1 Å². The van der Waals surface area contributed by atoms with Crippen molar-refractivity contribution in [1.29, 1.82) is 5.26 Å². The Labute approximate surface area is 119 Å². The zero-order chi connectivity index (χ0) is 14.5. The fourth-order valence-electron chi connectivity index (χ4n) is 2.43. The van der Waals surface area contributed by atoms with Gasteiger partial charge in [0.1, 0.15) is 0 Å². The molecule has 1 fully saturated rings. The molecular formula is C15H19N3O2. The van der Waals surface area contributed by atoms with Gasteiger partial charge in [-0.2, -0.15) is 5.26 Å². The summed E-state index contributed by atoms with van der Waals surface area (Å²) in [6.45, 7) is 1.22. The summed E-state index contributed by atoms with van der Waals surface area (Å²) in [5.74, 6) is 0.0620. The molecule has 20 heavy (non-hydrogen) atoms. The van der Waals surface area contributed by atoms with Gasteiger partial charge >= 0.3 is 0 Å². The number of hydrogen-bond acceptors (Lipinski definition) is 4. The van der Waals surface area contributed by atoms with Crippen molar-refractivity contribution in [3.8, 4) is 6.07 Å². The van der Waals surface area contributed by atoms with E-state index < -0.39 is 0 Å². The predicted octanol–water partition coefficient (Wildman–Crippen LogP) is 0.894. The highest BCUT2D eigenvalue weighted by Gasteiger charge is 2.31. The predicted molar refractivity (Wildman–Crippen MR) is 74.8 cm³/mol. The van der Waals surface area contributed by atoms with Crippen LogP contribution in [0.3, 0.4) is 0 Å². The Morgan fingerprint density at radius 3 is 3.05 bits per heavy atom. The second-order valence-corrected chi connectivity index (χ2v) is 5.06. The lowest BCUT2D eigenvalue weighted by atomic mass is 10.1. The molecule has 1 amide bonds. The summed E-state index contributed by atoms with van der Waals surface area (Å²) < 4.78 is 5.25. The Balaban J connectivity index is 1.96. The van der Waals surface area contributed by atoms with Crippen molar-refractivity contribution < 1.29 is 9.53 Å². The van der Waals surface area contributed by atoms with Crippen LogP contribution in [0.2, 0.25) is 0 Å². The lowest BCUT2D eigenvalue weighted by Crippen LogP contribution is -2.41. The van der Waals surface area contributed by atoms with Crippen LogP contribution in [0.4, 0.5) is 0 Å². The van der Waals surface area contributed by atoms with Crippen LogP contribution in [0.1, 0.15) is 17.5 Å². The zero-order valence-electron chi connectivity index (χ0n) is 11.8. The van der Waals surface area contributed by atoms with E-state index in [0.717, 1.165) is 5.56 Å². The molecule has 0 spiro atoms. The minimum absolute atomic E-state index is 0.0620. The quantitative estimate of drug-likeness (QED) is 0.885. The van der Waals surface area contributed by atoms with Crippen LogP contribution in [0.15, 0.2) is 24.3 Å². The summed E-state index contributed by atoms with van der Waals surface area (Å²) in [4.78, 5) is 14.0. The molecular weight excluding hydrogens is 254 g/mol. The lowest BCUT2D eigenvalue weighted by Gasteiger charge is -2.21. The number of nitriles is 1. The van der Waals surface area contributed by atoms with Crippen molar-refractivity contribution in [2.24, 2.45) is 0 Å². The van der Waals surface area contributed by atoms with E-state index in [1.807, 2.05) is 18.2 Å². The number of nitrogens with one attached hydrogen (secondary N) is 1. The van der Waals surface area contributed by atoms with Crippen LogP contribution in [-0.4, -0.2) is 43.7 Å². The maximum atomic E-state index is 12.3. The van der Waals surface area contributed by atoms with E-state index in [4.69, 9.17) is 10.00 Å². The lowest BCUT2D eigenvalue weighted by molar-refractivity contribution is -0.132. The molecule has 0 aliphatic carbocycles. The summed E-state index contributed by atoms with van der Waals surface area (Å²) in [5, 5.41) is 12.1. The minimum atomic E-state index is -0.177. The molecule has 2 atom stereocenters. The van der Waals surface area contributed by atoms with Gasteiger partial charge in [0.05, 0.1) is 23.8 Å². The van der Waals surface area contributed by atoms with Crippen molar-refractivity contribution in [1.82, 2.24) is 10.2 Å². The van der Waals surface area contributed by atoms with Gasteiger partial charge in [-0.15, -0.1) is 0 Å². The van der Waals surface area contributed by atoms with Crippen molar-refractivity contribution in [3.63, 3.8) is 0 Å². The molecule has 1 aliphatic rings. The molecule has 1 aromatic carbocycles. The number of methoxy groups -OCH3 is 1. The van der Waals surface area contributed by atoms with Crippen molar-refractivity contribution >= 4 is 5.91 Å². The zero-order valence-corrected chi connectivity index (χ0v) is 11.8. The molecule has 0 aromatic heterocycles. The van der Waals surface area contributed by atoms with E-state index in [-0.39, 0.29) is 18.1 Å². The molecule has 1 N–H and O–H groups in total. The van der Waals surface area contributed by atoms with E-state index in [0.29, 0.717) is 25.1 Å². The molecule has 0 bridgehead atoms. The molecule has 1 saturated heterocycles. The normalized spacial score (nSPS) is 21.4. The highest BCUT2D eigenvalue weighted by Crippen LogP contribution is 2.13. The van der Waals surface area contributed by atoms with Crippen LogP contribution >= 0.6 is 0 Å².